The fourth-order valence-corrected chi connectivity index (χ4v) is 2.26. The van der Waals surface area contributed by atoms with Crippen LogP contribution in [-0.2, 0) is 6.42 Å². The summed E-state index contributed by atoms with van der Waals surface area (Å²) >= 11 is 0. The first kappa shape index (κ1) is 14.6. The zero-order valence-corrected chi connectivity index (χ0v) is 11.6. The molecule has 0 fully saturated rings. The Balaban J connectivity index is 0.00000162. The molecule has 1 aromatic carbocycles. The molecule has 1 aromatic rings. The molecule has 4 nitrogen and oxygen atoms in total. The van der Waals surface area contributed by atoms with Gasteiger partial charge in [0.25, 0.3) is 0 Å². The van der Waals surface area contributed by atoms with Crippen LogP contribution in [0.3, 0.4) is 0 Å². The van der Waals surface area contributed by atoms with Crippen LogP contribution < -0.4 is 11.1 Å². The molecule has 0 heterocycles. The number of nitrogens with two attached hydrogens (primary N) is 1. The van der Waals surface area contributed by atoms with Crippen molar-refractivity contribution in [3.63, 3.8) is 0 Å². The molecule has 0 spiro atoms. The fourth-order valence-electron chi connectivity index (χ4n) is 2.26. The van der Waals surface area contributed by atoms with Crippen LogP contribution in [0.1, 0.15) is 30.0 Å². The van der Waals surface area contributed by atoms with E-state index in [-0.39, 0.29) is 24.5 Å². The van der Waals surface area contributed by atoms with Crippen molar-refractivity contribution in [1.29, 1.82) is 0 Å². The summed E-state index contributed by atoms with van der Waals surface area (Å²) in [6, 6.07) is 6.03. The van der Waals surface area contributed by atoms with E-state index in [1.165, 1.54) is 11.1 Å². The number of benzene rings is 1. The second-order valence-corrected chi connectivity index (χ2v) is 4.75. The third-order valence-corrected chi connectivity index (χ3v) is 3.19. The van der Waals surface area contributed by atoms with E-state index < -0.39 is 0 Å². The second kappa shape index (κ2) is 5.96. The van der Waals surface area contributed by atoms with E-state index >= 15 is 0 Å². The number of nitrogens with zero attached hydrogens (tertiary/aromatic N) is 1. The Morgan fingerprint density at radius 3 is 2.83 bits per heavy atom. The van der Waals surface area contributed by atoms with Crippen LogP contribution in [0.5, 0.6) is 0 Å². The van der Waals surface area contributed by atoms with Gasteiger partial charge < -0.3 is 16.0 Å². The highest BCUT2D eigenvalue weighted by Gasteiger charge is 2.22. The first-order chi connectivity index (χ1) is 8.08. The number of carbonyl (C=O) groups is 1. The zero-order valence-electron chi connectivity index (χ0n) is 10.8. The number of carbonyl (C=O) groups excluding carboxylic acids is 1. The van der Waals surface area contributed by atoms with Crippen LogP contribution in [0.2, 0.25) is 0 Å². The number of aryl methyl sites for hydroxylation is 1. The van der Waals surface area contributed by atoms with Crippen molar-refractivity contribution >= 4 is 24.1 Å². The van der Waals surface area contributed by atoms with E-state index in [0.29, 0.717) is 0 Å². The molecule has 0 saturated heterocycles. The van der Waals surface area contributed by atoms with Gasteiger partial charge in [-0.25, -0.2) is 4.79 Å². The monoisotopic (exact) mass is 269 g/mol. The number of nitrogen functional groups attached to an aromatic ring is 1. The Morgan fingerprint density at radius 1 is 1.44 bits per heavy atom. The minimum Gasteiger partial charge on any atom is -0.399 e. The van der Waals surface area contributed by atoms with Crippen LogP contribution in [0, 0.1) is 0 Å². The summed E-state index contributed by atoms with van der Waals surface area (Å²) in [6.07, 6.45) is 3.14. The lowest BCUT2D eigenvalue weighted by Gasteiger charge is -2.27. The maximum absolute atomic E-state index is 11.7. The summed E-state index contributed by atoms with van der Waals surface area (Å²) in [5, 5.41) is 3.04. The second-order valence-electron chi connectivity index (χ2n) is 4.75. The van der Waals surface area contributed by atoms with Crippen molar-refractivity contribution in [2.45, 2.75) is 25.3 Å². The van der Waals surface area contributed by atoms with Crippen LogP contribution in [0.15, 0.2) is 18.2 Å². The third kappa shape index (κ3) is 3.07. The van der Waals surface area contributed by atoms with Crippen molar-refractivity contribution < 1.29 is 4.79 Å². The Labute approximate surface area is 114 Å². The normalized spacial score (nSPS) is 17.3. The molecule has 0 aliphatic heterocycles. The summed E-state index contributed by atoms with van der Waals surface area (Å²) < 4.78 is 0. The molecule has 1 aliphatic carbocycles. The molecule has 1 unspecified atom stereocenters. The summed E-state index contributed by atoms with van der Waals surface area (Å²) in [7, 11) is 3.50. The Bertz CT molecular complexity index is 434. The maximum atomic E-state index is 11.7. The third-order valence-electron chi connectivity index (χ3n) is 3.19. The van der Waals surface area contributed by atoms with Crippen molar-refractivity contribution in [2.24, 2.45) is 0 Å². The smallest absolute Gasteiger partial charge is 0.317 e. The number of fused-ring (bicyclic) bond motifs is 1. The summed E-state index contributed by atoms with van der Waals surface area (Å²) in [5.41, 5.74) is 9.05. The molecule has 2 amide bonds. The van der Waals surface area contributed by atoms with E-state index in [4.69, 9.17) is 5.73 Å². The Kier molecular flexibility index (Phi) is 4.84. The number of hydrogen-bond acceptors (Lipinski definition) is 2. The molecule has 18 heavy (non-hydrogen) atoms. The minimum absolute atomic E-state index is 0. The highest BCUT2D eigenvalue weighted by molar-refractivity contribution is 5.85. The molecule has 5 heteroatoms. The highest BCUT2D eigenvalue weighted by atomic mass is 35.5. The van der Waals surface area contributed by atoms with E-state index in [1.54, 1.807) is 19.0 Å². The quantitative estimate of drug-likeness (QED) is 0.769. The van der Waals surface area contributed by atoms with E-state index in [9.17, 15) is 4.79 Å². The highest BCUT2D eigenvalue weighted by Crippen LogP contribution is 2.30. The predicted molar refractivity (Wildman–Crippen MR) is 76.0 cm³/mol. The van der Waals surface area contributed by atoms with Gasteiger partial charge in [-0.1, -0.05) is 6.07 Å². The molecule has 3 N–H and O–H groups in total. The summed E-state index contributed by atoms with van der Waals surface area (Å²) in [5.74, 6) is 0. The first-order valence-electron chi connectivity index (χ1n) is 5.94. The minimum atomic E-state index is -0.0420. The Hall–Kier alpha value is -1.42. The Morgan fingerprint density at radius 2 is 2.17 bits per heavy atom. The summed E-state index contributed by atoms with van der Waals surface area (Å²) in [6.45, 7) is 0. The van der Waals surface area contributed by atoms with Crippen molar-refractivity contribution in [3.05, 3.63) is 29.3 Å². The SMILES string of the molecule is CN(C)C(=O)NC1CCCc2cc(N)ccc21.Cl. The molecule has 1 atom stereocenters. The van der Waals surface area contributed by atoms with Gasteiger partial charge in [0.2, 0.25) is 0 Å². The fraction of sp³-hybridized carbons (Fsp3) is 0.462. The molecular formula is C13H20ClN3O. The average molecular weight is 270 g/mol. The largest absolute Gasteiger partial charge is 0.399 e. The van der Waals surface area contributed by atoms with Crippen LogP contribution in [-0.4, -0.2) is 25.0 Å². The number of halogens is 1. The lowest BCUT2D eigenvalue weighted by molar-refractivity contribution is 0.211. The van der Waals surface area contributed by atoms with E-state index in [0.717, 1.165) is 24.9 Å². The van der Waals surface area contributed by atoms with E-state index in [1.807, 2.05) is 18.2 Å². The van der Waals surface area contributed by atoms with Gasteiger partial charge >= 0.3 is 6.03 Å². The standard InChI is InChI=1S/C13H19N3O.ClH/c1-16(2)13(17)15-12-5-3-4-9-8-10(14)6-7-11(9)12;/h6-8,12H,3-5,14H2,1-2H3,(H,15,17);1H. The predicted octanol–water partition coefficient (Wildman–Crippen LogP) is 2.34. The maximum Gasteiger partial charge on any atom is 0.317 e. The number of urea groups is 1. The first-order valence-corrected chi connectivity index (χ1v) is 5.94. The number of rotatable bonds is 1. The molecular weight excluding hydrogens is 250 g/mol. The van der Waals surface area contributed by atoms with Gasteiger partial charge in [-0.3, -0.25) is 0 Å². The molecule has 0 radical (unpaired) electrons. The number of anilines is 1. The molecule has 1 aliphatic rings. The summed E-state index contributed by atoms with van der Waals surface area (Å²) in [4.78, 5) is 13.2. The van der Waals surface area contributed by atoms with Crippen molar-refractivity contribution in [2.75, 3.05) is 19.8 Å². The van der Waals surface area contributed by atoms with Gasteiger partial charge in [0.15, 0.2) is 0 Å². The van der Waals surface area contributed by atoms with Gasteiger partial charge in [0.1, 0.15) is 0 Å². The van der Waals surface area contributed by atoms with Gasteiger partial charge in [-0.15, -0.1) is 12.4 Å². The molecule has 0 aromatic heterocycles. The van der Waals surface area contributed by atoms with Gasteiger partial charge in [-0.05, 0) is 42.5 Å². The average Bonchev–Trinajstić information content (AvgIpc) is 2.28. The molecule has 0 bridgehead atoms. The van der Waals surface area contributed by atoms with Crippen molar-refractivity contribution in [3.8, 4) is 0 Å². The van der Waals surface area contributed by atoms with Crippen LogP contribution >= 0.6 is 12.4 Å². The number of hydrogen-bond donors (Lipinski definition) is 2. The van der Waals surface area contributed by atoms with Crippen LogP contribution in [0.25, 0.3) is 0 Å². The van der Waals surface area contributed by atoms with E-state index in [2.05, 4.69) is 5.32 Å². The van der Waals surface area contributed by atoms with Crippen molar-refractivity contribution in [1.82, 2.24) is 10.2 Å². The zero-order chi connectivity index (χ0) is 12.4. The number of nitrogens with one attached hydrogen (secondary N) is 1. The molecule has 0 saturated carbocycles. The molecule has 2 rings (SSSR count). The van der Waals surface area contributed by atoms with Gasteiger partial charge in [-0.2, -0.15) is 0 Å². The number of amides is 2. The lowest BCUT2D eigenvalue weighted by Crippen LogP contribution is -2.38. The lowest BCUT2D eigenvalue weighted by atomic mass is 9.87. The topological polar surface area (TPSA) is 58.4 Å². The molecule has 100 valence electrons. The van der Waals surface area contributed by atoms with Crippen LogP contribution in [0.4, 0.5) is 10.5 Å². The van der Waals surface area contributed by atoms with Gasteiger partial charge in [0, 0.05) is 19.8 Å². The van der Waals surface area contributed by atoms with Gasteiger partial charge in [0.05, 0.1) is 6.04 Å².